The van der Waals surface area contributed by atoms with Crippen LogP contribution in [0.5, 0.6) is 0 Å². The fourth-order valence-corrected chi connectivity index (χ4v) is 6.25. The van der Waals surface area contributed by atoms with Crippen LogP contribution >= 0.6 is 12.2 Å². The molecule has 1 amide bonds. The number of amides is 1. The van der Waals surface area contributed by atoms with Crippen LogP contribution in [0.4, 0.5) is 10.1 Å². The first-order valence-electron chi connectivity index (χ1n) is 13.4. The van der Waals surface area contributed by atoms with E-state index in [9.17, 15) is 9.18 Å². The van der Waals surface area contributed by atoms with Gasteiger partial charge in [-0.05, 0) is 106 Å². The largest absolute Gasteiger partial charge is 0.352 e. The Bertz CT molecular complexity index is 1540. The normalized spacial score (nSPS) is 16.8. The third-order valence-corrected chi connectivity index (χ3v) is 7.91. The SMILES string of the molecule is Cc1cc(C)c(-n2c(C)cc([C@H]3[C@H](c4ccccn4)NC(=S)N3CCC(=O)Nc3ccc(F)cc3)c2C)c(C)c1. The minimum absolute atomic E-state index is 0.160. The van der Waals surface area contributed by atoms with Gasteiger partial charge in [-0.3, -0.25) is 9.78 Å². The molecule has 0 aliphatic carbocycles. The van der Waals surface area contributed by atoms with Crippen molar-refractivity contribution in [1.29, 1.82) is 0 Å². The zero-order valence-electron chi connectivity index (χ0n) is 23.5. The average Bonchev–Trinajstić information content (AvgIpc) is 3.39. The van der Waals surface area contributed by atoms with E-state index in [1.807, 2.05) is 18.2 Å². The van der Waals surface area contributed by atoms with Crippen LogP contribution < -0.4 is 10.6 Å². The van der Waals surface area contributed by atoms with Gasteiger partial charge in [-0.15, -0.1) is 0 Å². The number of thiocarbonyl (C=S) groups is 1. The van der Waals surface area contributed by atoms with Gasteiger partial charge in [-0.2, -0.15) is 0 Å². The second kappa shape index (κ2) is 11.2. The minimum atomic E-state index is -0.344. The summed E-state index contributed by atoms with van der Waals surface area (Å²) in [6.07, 6.45) is 2.01. The molecule has 0 spiro atoms. The van der Waals surface area contributed by atoms with E-state index >= 15 is 0 Å². The van der Waals surface area contributed by atoms with Crippen molar-refractivity contribution in [1.82, 2.24) is 19.8 Å². The Kier molecular flexibility index (Phi) is 7.72. The summed E-state index contributed by atoms with van der Waals surface area (Å²) in [7, 11) is 0. The number of carbonyl (C=O) groups excluding carboxylic acids is 1. The molecule has 2 aromatic heterocycles. The predicted molar refractivity (Wildman–Crippen MR) is 161 cm³/mol. The van der Waals surface area contributed by atoms with Crippen LogP contribution in [0.2, 0.25) is 0 Å². The molecular formula is C32H34FN5OS. The second-order valence-electron chi connectivity index (χ2n) is 10.5. The molecule has 6 nitrogen and oxygen atoms in total. The van der Waals surface area contributed by atoms with Crippen molar-refractivity contribution in [2.45, 2.75) is 53.1 Å². The van der Waals surface area contributed by atoms with E-state index in [1.54, 1.807) is 18.3 Å². The van der Waals surface area contributed by atoms with E-state index in [4.69, 9.17) is 12.2 Å². The van der Waals surface area contributed by atoms with Crippen LogP contribution in [0.15, 0.2) is 66.9 Å². The summed E-state index contributed by atoms with van der Waals surface area (Å²) in [6.45, 7) is 11.1. The van der Waals surface area contributed by atoms with Crippen LogP contribution in [0, 0.1) is 40.4 Å². The summed E-state index contributed by atoms with van der Waals surface area (Å²) in [5, 5.41) is 6.93. The predicted octanol–water partition coefficient (Wildman–Crippen LogP) is 6.55. The molecule has 0 bridgehead atoms. The van der Waals surface area contributed by atoms with Gasteiger partial charge in [0.05, 0.1) is 23.5 Å². The molecule has 2 atom stereocenters. The lowest BCUT2D eigenvalue weighted by Gasteiger charge is -2.28. The van der Waals surface area contributed by atoms with Crippen molar-refractivity contribution in [2.75, 3.05) is 11.9 Å². The monoisotopic (exact) mass is 555 g/mol. The number of pyridine rings is 1. The van der Waals surface area contributed by atoms with E-state index in [0.29, 0.717) is 17.3 Å². The summed E-state index contributed by atoms with van der Waals surface area (Å²) in [5.41, 5.74) is 9.73. The Hall–Kier alpha value is -4.04. The van der Waals surface area contributed by atoms with E-state index in [0.717, 1.165) is 22.6 Å². The number of hydrogen-bond acceptors (Lipinski definition) is 3. The number of anilines is 1. The zero-order chi connectivity index (χ0) is 28.6. The van der Waals surface area contributed by atoms with Crippen molar-refractivity contribution >= 4 is 28.9 Å². The van der Waals surface area contributed by atoms with Crippen LogP contribution in [-0.2, 0) is 4.79 Å². The number of carbonyl (C=O) groups is 1. The Morgan fingerprint density at radius 2 is 1.73 bits per heavy atom. The fourth-order valence-electron chi connectivity index (χ4n) is 5.92. The van der Waals surface area contributed by atoms with E-state index in [-0.39, 0.29) is 30.2 Å². The quantitative estimate of drug-likeness (QED) is 0.253. The number of rotatable bonds is 7. The third-order valence-electron chi connectivity index (χ3n) is 7.55. The van der Waals surface area contributed by atoms with E-state index in [1.165, 1.54) is 34.5 Å². The maximum absolute atomic E-state index is 13.3. The molecule has 2 N–H and O–H groups in total. The van der Waals surface area contributed by atoms with Crippen LogP contribution in [0.1, 0.15) is 57.8 Å². The Labute approximate surface area is 240 Å². The average molecular weight is 556 g/mol. The fraction of sp³-hybridized carbons (Fsp3) is 0.281. The number of aromatic nitrogens is 2. The van der Waals surface area contributed by atoms with Crippen molar-refractivity contribution in [3.05, 3.63) is 112 Å². The highest BCUT2D eigenvalue weighted by molar-refractivity contribution is 7.80. The molecule has 1 fully saturated rings. The molecule has 0 radical (unpaired) electrons. The van der Waals surface area contributed by atoms with Gasteiger partial charge < -0.3 is 20.1 Å². The first-order chi connectivity index (χ1) is 19.1. The second-order valence-corrected chi connectivity index (χ2v) is 10.9. The molecule has 40 heavy (non-hydrogen) atoms. The maximum Gasteiger partial charge on any atom is 0.226 e. The Morgan fingerprint density at radius 3 is 2.38 bits per heavy atom. The molecule has 8 heteroatoms. The topological polar surface area (TPSA) is 62.2 Å². The summed E-state index contributed by atoms with van der Waals surface area (Å²) in [4.78, 5) is 19.6. The summed E-state index contributed by atoms with van der Waals surface area (Å²) < 4.78 is 15.6. The van der Waals surface area contributed by atoms with Crippen LogP contribution in [0.3, 0.4) is 0 Å². The summed E-state index contributed by atoms with van der Waals surface area (Å²) in [5.74, 6) is -0.505. The van der Waals surface area contributed by atoms with Gasteiger partial charge in [0.2, 0.25) is 5.91 Å². The smallest absolute Gasteiger partial charge is 0.226 e. The van der Waals surface area contributed by atoms with Crippen molar-refractivity contribution in [2.24, 2.45) is 0 Å². The highest BCUT2D eigenvalue weighted by Gasteiger charge is 2.41. The Balaban J connectivity index is 1.50. The van der Waals surface area contributed by atoms with Gasteiger partial charge in [0, 0.05) is 36.2 Å². The number of aryl methyl sites for hydroxylation is 4. The first-order valence-corrected chi connectivity index (χ1v) is 13.9. The molecule has 1 saturated heterocycles. The molecule has 1 aliphatic rings. The van der Waals surface area contributed by atoms with Crippen molar-refractivity contribution in [3.8, 4) is 5.69 Å². The molecule has 0 saturated carbocycles. The number of hydrogen-bond donors (Lipinski definition) is 2. The number of nitrogens with one attached hydrogen (secondary N) is 2. The van der Waals surface area contributed by atoms with Gasteiger partial charge in [0.15, 0.2) is 5.11 Å². The molecule has 5 rings (SSSR count). The zero-order valence-corrected chi connectivity index (χ0v) is 24.3. The highest BCUT2D eigenvalue weighted by atomic mass is 32.1. The molecule has 0 unspecified atom stereocenters. The molecular weight excluding hydrogens is 521 g/mol. The number of benzene rings is 2. The summed E-state index contributed by atoms with van der Waals surface area (Å²) in [6, 6.07) is 18.0. The van der Waals surface area contributed by atoms with Crippen LogP contribution in [0.25, 0.3) is 5.69 Å². The standard InChI is InChI=1S/C32H34FN5OS/c1-19-16-20(2)30(21(3)17-19)38-22(4)18-26(23(38)5)31-29(27-8-6-7-14-34-27)36-32(40)37(31)15-13-28(39)35-25-11-9-24(33)10-12-25/h6-12,14,16-18,29,31H,13,15H2,1-5H3,(H,35,39)(H,36,40)/t29-,31-/m0/s1. The summed E-state index contributed by atoms with van der Waals surface area (Å²) >= 11 is 5.83. The molecule has 206 valence electrons. The van der Waals surface area contributed by atoms with Gasteiger partial charge in [0.1, 0.15) is 5.82 Å². The molecule has 3 heterocycles. The highest BCUT2D eigenvalue weighted by Crippen LogP contribution is 2.42. The van der Waals surface area contributed by atoms with Gasteiger partial charge >= 0.3 is 0 Å². The van der Waals surface area contributed by atoms with Gasteiger partial charge in [0.25, 0.3) is 0 Å². The van der Waals surface area contributed by atoms with Gasteiger partial charge in [-0.1, -0.05) is 23.8 Å². The lowest BCUT2D eigenvalue weighted by atomic mass is 9.96. The maximum atomic E-state index is 13.3. The first kappa shape index (κ1) is 27.5. The lowest BCUT2D eigenvalue weighted by molar-refractivity contribution is -0.116. The van der Waals surface area contributed by atoms with Gasteiger partial charge in [-0.25, -0.2) is 4.39 Å². The molecule has 2 aromatic carbocycles. The minimum Gasteiger partial charge on any atom is -0.352 e. The van der Waals surface area contributed by atoms with E-state index < -0.39 is 0 Å². The Morgan fingerprint density at radius 1 is 1.02 bits per heavy atom. The lowest BCUT2D eigenvalue weighted by Crippen LogP contribution is -2.32. The van der Waals surface area contributed by atoms with Crippen molar-refractivity contribution < 1.29 is 9.18 Å². The van der Waals surface area contributed by atoms with Crippen molar-refractivity contribution in [3.63, 3.8) is 0 Å². The van der Waals surface area contributed by atoms with E-state index in [2.05, 4.69) is 77.9 Å². The number of nitrogens with zero attached hydrogens (tertiary/aromatic N) is 3. The molecule has 4 aromatic rings. The molecule has 1 aliphatic heterocycles. The third kappa shape index (κ3) is 5.36. The van der Waals surface area contributed by atoms with Crippen LogP contribution in [-0.4, -0.2) is 32.0 Å². The number of halogens is 1.